The van der Waals surface area contributed by atoms with Crippen LogP contribution in [0, 0.1) is 0 Å². The third-order valence-corrected chi connectivity index (χ3v) is 4.82. The number of likely N-dealkylation sites (N-methyl/N-ethyl adjacent to an activating group) is 1. The van der Waals surface area contributed by atoms with E-state index in [-0.39, 0.29) is 11.2 Å². The molecular formula is C17H23NO2. The number of nitrogens with zero attached hydrogens (tertiary/aromatic N) is 1. The van der Waals surface area contributed by atoms with Gasteiger partial charge in [-0.1, -0.05) is 18.2 Å². The van der Waals surface area contributed by atoms with E-state index in [0.717, 1.165) is 19.4 Å². The lowest BCUT2D eigenvalue weighted by Gasteiger charge is -2.38. The average molecular weight is 273 g/mol. The molecule has 0 bridgehead atoms. The third kappa shape index (κ3) is 2.01. The maximum atomic E-state index is 10.2. The Morgan fingerprint density at radius 3 is 3.05 bits per heavy atom. The monoisotopic (exact) mass is 273 g/mol. The van der Waals surface area contributed by atoms with Crippen LogP contribution in [0.4, 0.5) is 0 Å². The van der Waals surface area contributed by atoms with E-state index in [4.69, 9.17) is 4.74 Å². The molecule has 1 aliphatic carbocycles. The lowest BCUT2D eigenvalue weighted by Crippen LogP contribution is -2.41. The highest BCUT2D eigenvalue weighted by Crippen LogP contribution is 2.46. The van der Waals surface area contributed by atoms with E-state index in [1.165, 1.54) is 12.0 Å². The van der Waals surface area contributed by atoms with Crippen LogP contribution in [0.15, 0.2) is 30.4 Å². The first-order chi connectivity index (χ1) is 9.67. The third-order valence-electron chi connectivity index (χ3n) is 4.82. The molecule has 2 aliphatic rings. The maximum absolute atomic E-state index is 10.2. The summed E-state index contributed by atoms with van der Waals surface area (Å²) in [5.41, 5.74) is 1.28. The van der Waals surface area contributed by atoms with Crippen LogP contribution >= 0.6 is 0 Å². The first kappa shape index (κ1) is 13.5. The van der Waals surface area contributed by atoms with Crippen molar-refractivity contribution in [3.63, 3.8) is 0 Å². The summed E-state index contributed by atoms with van der Waals surface area (Å²) in [6.45, 7) is 3.62. The highest BCUT2D eigenvalue weighted by molar-refractivity contribution is 5.47. The Balaban J connectivity index is 2.00. The molecule has 0 unspecified atom stereocenters. The molecule has 0 radical (unpaired) electrons. The van der Waals surface area contributed by atoms with Crippen molar-refractivity contribution in [3.05, 3.63) is 35.9 Å². The molecule has 0 aromatic heterocycles. The molecule has 1 saturated heterocycles. The van der Waals surface area contributed by atoms with E-state index < -0.39 is 0 Å². The summed E-state index contributed by atoms with van der Waals surface area (Å²) in [6.07, 6.45) is 8.13. The van der Waals surface area contributed by atoms with Crippen molar-refractivity contribution in [2.45, 2.75) is 37.6 Å². The van der Waals surface area contributed by atoms with E-state index in [9.17, 15) is 5.11 Å². The number of aromatic hydroxyl groups is 1. The highest BCUT2D eigenvalue weighted by atomic mass is 16.5. The van der Waals surface area contributed by atoms with Gasteiger partial charge in [-0.25, -0.2) is 0 Å². The van der Waals surface area contributed by atoms with Crippen molar-refractivity contribution in [1.29, 1.82) is 0 Å². The SMILES string of the molecule is CCOc1ccc([C@@]23C=CCC[C@@H]2N(C)CC3)cc1O. The summed E-state index contributed by atoms with van der Waals surface area (Å²) in [7, 11) is 2.21. The Morgan fingerprint density at radius 1 is 1.45 bits per heavy atom. The number of benzene rings is 1. The van der Waals surface area contributed by atoms with Crippen LogP contribution < -0.4 is 4.74 Å². The Morgan fingerprint density at radius 2 is 2.30 bits per heavy atom. The second-order valence-electron chi connectivity index (χ2n) is 5.88. The minimum atomic E-state index is 0.0647. The van der Waals surface area contributed by atoms with Crippen LogP contribution in [-0.4, -0.2) is 36.2 Å². The molecular weight excluding hydrogens is 250 g/mol. The Hall–Kier alpha value is -1.48. The van der Waals surface area contributed by atoms with E-state index >= 15 is 0 Å². The van der Waals surface area contributed by atoms with Gasteiger partial charge in [-0.05, 0) is 57.5 Å². The van der Waals surface area contributed by atoms with Crippen LogP contribution in [-0.2, 0) is 5.41 Å². The summed E-state index contributed by atoms with van der Waals surface area (Å²) >= 11 is 0. The van der Waals surface area contributed by atoms with Crippen LogP contribution in [0.1, 0.15) is 31.7 Å². The molecule has 1 N–H and O–H groups in total. The highest BCUT2D eigenvalue weighted by Gasteiger charge is 2.46. The molecule has 1 heterocycles. The molecule has 3 nitrogen and oxygen atoms in total. The number of fused-ring (bicyclic) bond motifs is 1. The molecule has 20 heavy (non-hydrogen) atoms. The van der Waals surface area contributed by atoms with Crippen molar-refractivity contribution in [3.8, 4) is 11.5 Å². The molecule has 1 aromatic rings. The van der Waals surface area contributed by atoms with E-state index in [2.05, 4.69) is 30.2 Å². The normalized spacial score (nSPS) is 29.4. The molecule has 0 spiro atoms. The van der Waals surface area contributed by atoms with Gasteiger partial charge in [0.05, 0.1) is 6.61 Å². The fraction of sp³-hybridized carbons (Fsp3) is 0.529. The molecule has 3 rings (SSSR count). The number of phenolic OH excluding ortho intramolecular Hbond substituents is 1. The largest absolute Gasteiger partial charge is 0.504 e. The van der Waals surface area contributed by atoms with Crippen LogP contribution in [0.5, 0.6) is 11.5 Å². The second-order valence-corrected chi connectivity index (χ2v) is 5.88. The molecule has 1 fully saturated rings. The topological polar surface area (TPSA) is 32.7 Å². The first-order valence-corrected chi connectivity index (χ1v) is 7.51. The Bertz CT molecular complexity index is 526. The molecule has 1 aliphatic heterocycles. The predicted molar refractivity (Wildman–Crippen MR) is 80.4 cm³/mol. The van der Waals surface area contributed by atoms with Gasteiger partial charge in [0.25, 0.3) is 0 Å². The zero-order valence-electron chi connectivity index (χ0n) is 12.3. The summed E-state index contributed by atoms with van der Waals surface area (Å²) in [5.74, 6) is 0.835. The van der Waals surface area contributed by atoms with E-state index in [1.807, 2.05) is 19.1 Å². The minimum Gasteiger partial charge on any atom is -0.504 e. The van der Waals surface area contributed by atoms with Gasteiger partial charge in [0.1, 0.15) is 0 Å². The van der Waals surface area contributed by atoms with Gasteiger partial charge in [0.2, 0.25) is 0 Å². The number of phenols is 1. The van der Waals surface area contributed by atoms with Crippen molar-refractivity contribution < 1.29 is 9.84 Å². The van der Waals surface area contributed by atoms with Crippen molar-refractivity contribution in [2.75, 3.05) is 20.2 Å². The molecule has 108 valence electrons. The Labute approximate surface area is 120 Å². The summed E-state index contributed by atoms with van der Waals surface area (Å²) in [5, 5.41) is 10.2. The van der Waals surface area contributed by atoms with Crippen molar-refractivity contribution in [2.24, 2.45) is 0 Å². The van der Waals surface area contributed by atoms with Gasteiger partial charge in [-0.15, -0.1) is 0 Å². The lowest BCUT2D eigenvalue weighted by atomic mass is 9.70. The quantitative estimate of drug-likeness (QED) is 0.859. The molecule has 3 heteroatoms. The van der Waals surface area contributed by atoms with Gasteiger partial charge in [-0.3, -0.25) is 0 Å². The molecule has 1 aromatic carbocycles. The maximum Gasteiger partial charge on any atom is 0.160 e. The summed E-state index contributed by atoms with van der Waals surface area (Å²) in [6, 6.07) is 6.46. The average Bonchev–Trinajstić information content (AvgIpc) is 2.80. The number of hydrogen-bond donors (Lipinski definition) is 1. The molecule has 0 saturated carbocycles. The summed E-state index contributed by atoms with van der Waals surface area (Å²) in [4.78, 5) is 2.46. The predicted octanol–water partition coefficient (Wildman–Crippen LogP) is 3.08. The smallest absolute Gasteiger partial charge is 0.160 e. The number of hydrogen-bond acceptors (Lipinski definition) is 3. The van der Waals surface area contributed by atoms with Gasteiger partial charge >= 0.3 is 0 Å². The number of ether oxygens (including phenoxy) is 1. The Kier molecular flexibility index (Phi) is 3.47. The lowest BCUT2D eigenvalue weighted by molar-refractivity contribution is 0.248. The van der Waals surface area contributed by atoms with E-state index in [1.54, 1.807) is 0 Å². The van der Waals surface area contributed by atoms with Gasteiger partial charge in [0.15, 0.2) is 11.5 Å². The fourth-order valence-electron chi connectivity index (χ4n) is 3.81. The van der Waals surface area contributed by atoms with Crippen LogP contribution in [0.3, 0.4) is 0 Å². The fourth-order valence-corrected chi connectivity index (χ4v) is 3.81. The van der Waals surface area contributed by atoms with Gasteiger partial charge in [-0.2, -0.15) is 0 Å². The van der Waals surface area contributed by atoms with Crippen LogP contribution in [0.25, 0.3) is 0 Å². The minimum absolute atomic E-state index is 0.0647. The second kappa shape index (κ2) is 5.13. The molecule has 2 atom stereocenters. The number of likely N-dealkylation sites (tertiary alicyclic amines) is 1. The summed E-state index contributed by atoms with van der Waals surface area (Å²) < 4.78 is 5.43. The van der Waals surface area contributed by atoms with Crippen LogP contribution in [0.2, 0.25) is 0 Å². The van der Waals surface area contributed by atoms with Gasteiger partial charge < -0.3 is 14.7 Å². The standard InChI is InChI=1S/C17H23NO2/c1-3-20-15-8-7-13(12-14(15)19)17-9-5-4-6-16(17)18(2)11-10-17/h5,7-9,12,16,19H,3-4,6,10-11H2,1-2H3/t16-,17-/m0/s1. The first-order valence-electron chi connectivity index (χ1n) is 7.51. The zero-order valence-corrected chi connectivity index (χ0v) is 12.3. The number of allylic oxidation sites excluding steroid dienone is 1. The zero-order chi connectivity index (χ0) is 14.2. The van der Waals surface area contributed by atoms with E-state index in [0.29, 0.717) is 18.4 Å². The molecule has 0 amide bonds. The van der Waals surface area contributed by atoms with Gasteiger partial charge in [0, 0.05) is 11.5 Å². The van der Waals surface area contributed by atoms with Crippen molar-refractivity contribution >= 4 is 0 Å². The van der Waals surface area contributed by atoms with Crippen molar-refractivity contribution in [1.82, 2.24) is 4.90 Å². The number of rotatable bonds is 3.